The molecule has 0 bridgehead atoms. The Bertz CT molecular complexity index is 666. The highest BCUT2D eigenvalue weighted by atomic mass is 31.1. The van der Waals surface area contributed by atoms with Crippen LogP contribution in [-0.2, 0) is 0 Å². The van der Waals surface area contributed by atoms with Crippen molar-refractivity contribution in [3.63, 3.8) is 0 Å². The third-order valence-corrected chi connectivity index (χ3v) is 5.29. The Morgan fingerprint density at radius 3 is 2.05 bits per heavy atom. The van der Waals surface area contributed by atoms with Gasteiger partial charge in [0.2, 0.25) is 0 Å². The second kappa shape index (κ2) is 5.90. The number of hydrogen-bond acceptors (Lipinski definition) is 4. The maximum absolute atomic E-state index is 5.78. The summed E-state index contributed by atoms with van der Waals surface area (Å²) in [5.74, 6) is 0. The van der Waals surface area contributed by atoms with Crippen LogP contribution in [-0.4, -0.2) is 9.97 Å². The van der Waals surface area contributed by atoms with Crippen molar-refractivity contribution in [2.24, 2.45) is 0 Å². The lowest BCUT2D eigenvalue weighted by molar-refractivity contribution is 1.37. The number of benzene rings is 1. The minimum atomic E-state index is -0.804. The molecule has 5 heteroatoms. The first-order valence-electron chi connectivity index (χ1n) is 6.52. The Balaban J connectivity index is 2.11. The van der Waals surface area contributed by atoms with Gasteiger partial charge in [0, 0.05) is 19.8 Å². The van der Waals surface area contributed by atoms with Crippen LogP contribution in [0.1, 0.15) is 0 Å². The van der Waals surface area contributed by atoms with Crippen molar-refractivity contribution in [2.75, 3.05) is 11.5 Å². The molecule has 4 nitrogen and oxygen atoms in total. The summed E-state index contributed by atoms with van der Waals surface area (Å²) in [4.78, 5) is 8.99. The highest BCUT2D eigenvalue weighted by molar-refractivity contribution is 7.79. The summed E-state index contributed by atoms with van der Waals surface area (Å²) in [6, 6.07) is 17.7. The summed E-state index contributed by atoms with van der Waals surface area (Å²) in [7, 11) is -0.804. The molecule has 104 valence electrons. The molecule has 1 aromatic carbocycles. The van der Waals surface area contributed by atoms with Crippen LogP contribution in [0.15, 0.2) is 67.0 Å². The fraction of sp³-hybridized carbons (Fsp3) is 0. The Hall–Kier alpha value is -2.45. The van der Waals surface area contributed by atoms with Crippen LogP contribution in [0.5, 0.6) is 0 Å². The molecule has 0 aliphatic heterocycles. The number of nitrogens with two attached hydrogens (primary N) is 2. The first-order valence-corrected chi connectivity index (χ1v) is 7.86. The monoisotopic (exact) mass is 294 g/mol. The minimum absolute atomic E-state index is 0.659. The third kappa shape index (κ3) is 3.01. The van der Waals surface area contributed by atoms with Crippen molar-refractivity contribution in [1.82, 2.24) is 9.97 Å². The topological polar surface area (TPSA) is 77.8 Å². The van der Waals surface area contributed by atoms with Gasteiger partial charge in [0.05, 0.1) is 22.8 Å². The predicted molar refractivity (Wildman–Crippen MR) is 89.6 cm³/mol. The van der Waals surface area contributed by atoms with Crippen LogP contribution in [0.3, 0.4) is 0 Å². The molecule has 0 saturated carbocycles. The van der Waals surface area contributed by atoms with Crippen molar-refractivity contribution >= 4 is 35.5 Å². The summed E-state index contributed by atoms with van der Waals surface area (Å²) < 4.78 is 0. The van der Waals surface area contributed by atoms with Gasteiger partial charge in [0.25, 0.3) is 0 Å². The van der Waals surface area contributed by atoms with Gasteiger partial charge in [-0.2, -0.15) is 0 Å². The number of aromatic nitrogens is 2. The third-order valence-electron chi connectivity index (χ3n) is 3.03. The summed E-state index contributed by atoms with van der Waals surface area (Å²) in [6.07, 6.45) is 3.49. The van der Waals surface area contributed by atoms with Gasteiger partial charge in [-0.3, -0.25) is 9.97 Å². The van der Waals surface area contributed by atoms with E-state index in [1.165, 1.54) is 0 Å². The second-order valence-corrected chi connectivity index (χ2v) is 6.67. The van der Waals surface area contributed by atoms with E-state index in [-0.39, 0.29) is 0 Å². The molecule has 2 aromatic heterocycles. The van der Waals surface area contributed by atoms with Gasteiger partial charge in [0.15, 0.2) is 0 Å². The lowest BCUT2D eigenvalue weighted by atomic mass is 10.3. The van der Waals surface area contributed by atoms with E-state index in [9.17, 15) is 0 Å². The first-order chi connectivity index (χ1) is 10.2. The van der Waals surface area contributed by atoms with Crippen molar-refractivity contribution in [1.29, 1.82) is 0 Å². The Kier molecular flexibility index (Phi) is 3.80. The fourth-order valence-corrected chi connectivity index (χ4v) is 4.05. The number of rotatable bonds is 3. The number of nitrogens with zero attached hydrogens (tertiary/aromatic N) is 2. The van der Waals surface area contributed by atoms with Crippen molar-refractivity contribution in [2.45, 2.75) is 0 Å². The molecule has 1 atom stereocenters. The molecule has 0 aliphatic carbocycles. The standard InChI is InChI=1S/C16H15N4P/c17-12-4-7-14(8-5-12)21(15-3-1-2-10-19-15)16-9-6-13(18)11-20-16/h1-11H,17-18H2. The molecule has 0 amide bonds. The van der Waals surface area contributed by atoms with Gasteiger partial charge >= 0.3 is 0 Å². The number of nitrogen functional groups attached to an aromatic ring is 2. The molecule has 21 heavy (non-hydrogen) atoms. The van der Waals surface area contributed by atoms with Gasteiger partial charge in [-0.05, 0) is 41.7 Å². The van der Waals surface area contributed by atoms with E-state index in [4.69, 9.17) is 11.5 Å². The minimum Gasteiger partial charge on any atom is -0.399 e. The van der Waals surface area contributed by atoms with Crippen molar-refractivity contribution in [3.8, 4) is 0 Å². The Morgan fingerprint density at radius 2 is 1.43 bits per heavy atom. The Labute approximate surface area is 124 Å². The van der Waals surface area contributed by atoms with Crippen LogP contribution in [0.4, 0.5) is 11.4 Å². The van der Waals surface area contributed by atoms with E-state index in [0.717, 1.165) is 21.9 Å². The summed E-state index contributed by atoms with van der Waals surface area (Å²) >= 11 is 0. The maximum atomic E-state index is 5.78. The average molecular weight is 294 g/mol. The molecule has 3 rings (SSSR count). The van der Waals surface area contributed by atoms with Gasteiger partial charge in [-0.1, -0.05) is 18.2 Å². The highest BCUT2D eigenvalue weighted by Gasteiger charge is 2.18. The zero-order chi connectivity index (χ0) is 14.7. The van der Waals surface area contributed by atoms with Crippen LogP contribution < -0.4 is 27.6 Å². The molecule has 0 radical (unpaired) electrons. The average Bonchev–Trinajstić information content (AvgIpc) is 2.52. The van der Waals surface area contributed by atoms with Crippen LogP contribution in [0, 0.1) is 0 Å². The number of anilines is 2. The van der Waals surface area contributed by atoms with E-state index in [1.54, 1.807) is 12.4 Å². The quantitative estimate of drug-likeness (QED) is 0.565. The zero-order valence-electron chi connectivity index (χ0n) is 11.3. The van der Waals surface area contributed by atoms with E-state index >= 15 is 0 Å². The molecule has 3 aromatic rings. The highest BCUT2D eigenvalue weighted by Crippen LogP contribution is 2.31. The van der Waals surface area contributed by atoms with Crippen LogP contribution >= 0.6 is 7.92 Å². The van der Waals surface area contributed by atoms with Gasteiger partial charge in [-0.15, -0.1) is 0 Å². The van der Waals surface area contributed by atoms with Crippen molar-refractivity contribution in [3.05, 3.63) is 67.0 Å². The molecule has 0 fully saturated rings. The van der Waals surface area contributed by atoms with Gasteiger partial charge in [-0.25, -0.2) is 0 Å². The van der Waals surface area contributed by atoms with Crippen molar-refractivity contribution < 1.29 is 0 Å². The molecule has 0 aliphatic rings. The molecule has 0 saturated heterocycles. The molecule has 1 unspecified atom stereocenters. The molecule has 0 spiro atoms. The van der Waals surface area contributed by atoms with Crippen LogP contribution in [0.2, 0.25) is 0 Å². The lowest BCUT2D eigenvalue weighted by Crippen LogP contribution is -2.24. The van der Waals surface area contributed by atoms with Gasteiger partial charge in [0.1, 0.15) is 0 Å². The fourth-order valence-electron chi connectivity index (χ4n) is 2.02. The van der Waals surface area contributed by atoms with E-state index in [2.05, 4.69) is 9.97 Å². The first kappa shape index (κ1) is 13.5. The number of hydrogen-bond donors (Lipinski definition) is 2. The smallest absolute Gasteiger partial charge is 0.0738 e. The maximum Gasteiger partial charge on any atom is 0.0738 e. The largest absolute Gasteiger partial charge is 0.399 e. The Morgan fingerprint density at radius 1 is 0.714 bits per heavy atom. The zero-order valence-corrected chi connectivity index (χ0v) is 12.2. The lowest BCUT2D eigenvalue weighted by Gasteiger charge is -2.17. The van der Waals surface area contributed by atoms with E-state index in [1.807, 2.05) is 54.6 Å². The van der Waals surface area contributed by atoms with Gasteiger partial charge < -0.3 is 11.5 Å². The summed E-state index contributed by atoms with van der Waals surface area (Å²) in [5.41, 5.74) is 14.9. The normalized spacial score (nSPS) is 12.0. The number of pyridine rings is 2. The summed E-state index contributed by atoms with van der Waals surface area (Å²) in [6.45, 7) is 0. The van der Waals surface area contributed by atoms with Crippen LogP contribution in [0.25, 0.3) is 0 Å². The molecular weight excluding hydrogens is 279 g/mol. The second-order valence-electron chi connectivity index (χ2n) is 4.56. The predicted octanol–water partition coefficient (Wildman–Crippen LogP) is 1.40. The molecule has 2 heterocycles. The molecule has 4 N–H and O–H groups in total. The van der Waals surface area contributed by atoms with E-state index in [0.29, 0.717) is 5.69 Å². The SMILES string of the molecule is Nc1ccc(P(c2ccccn2)c2ccc(N)cn2)cc1. The van der Waals surface area contributed by atoms with E-state index < -0.39 is 7.92 Å². The molecular formula is C16H15N4P. The summed E-state index contributed by atoms with van der Waals surface area (Å²) in [5, 5.41) is 1.16.